The van der Waals surface area contributed by atoms with Crippen LogP contribution in [0.4, 0.5) is 26.3 Å². The molecule has 2 aromatic carbocycles. The van der Waals surface area contributed by atoms with Gasteiger partial charge in [-0.2, -0.15) is 26.3 Å². The molecule has 5 rings (SSSR count). The van der Waals surface area contributed by atoms with Crippen LogP contribution in [0.3, 0.4) is 0 Å². The number of aryl methyl sites for hydroxylation is 1. The van der Waals surface area contributed by atoms with Crippen LogP contribution in [0.1, 0.15) is 39.2 Å². The highest BCUT2D eigenvalue weighted by atomic mass is 19.4. The molecule has 1 saturated heterocycles. The zero-order chi connectivity index (χ0) is 29.9. The number of aromatic amines is 1. The number of rotatable bonds is 5. The van der Waals surface area contributed by atoms with Crippen LogP contribution in [0.25, 0.3) is 10.9 Å². The number of amides is 1. The fourth-order valence-electron chi connectivity index (χ4n) is 5.16. The first-order valence-corrected chi connectivity index (χ1v) is 13.3. The van der Waals surface area contributed by atoms with Gasteiger partial charge in [-0.25, -0.2) is 4.98 Å². The number of piperazine rings is 1. The van der Waals surface area contributed by atoms with Gasteiger partial charge in [0, 0.05) is 54.5 Å². The number of hydrogen-bond acceptors (Lipinski definition) is 3. The number of alkyl halides is 6. The molecule has 5 nitrogen and oxygen atoms in total. The van der Waals surface area contributed by atoms with E-state index in [0.29, 0.717) is 50.3 Å². The number of benzene rings is 2. The minimum absolute atomic E-state index is 0.0312. The Bertz CT molecular complexity index is 1590. The topological polar surface area (TPSA) is 52.2 Å². The van der Waals surface area contributed by atoms with Crippen LogP contribution < -0.4 is 0 Å². The number of carbonyl (C=O) groups excluding carboxylic acids is 1. The molecule has 11 heteroatoms. The molecule has 42 heavy (non-hydrogen) atoms. The molecule has 1 atom stereocenters. The van der Waals surface area contributed by atoms with Gasteiger partial charge in [0.1, 0.15) is 5.69 Å². The fourth-order valence-corrected chi connectivity index (χ4v) is 5.16. The Kier molecular flexibility index (Phi) is 8.27. The molecule has 0 aliphatic carbocycles. The third-order valence-corrected chi connectivity index (χ3v) is 7.27. The van der Waals surface area contributed by atoms with Crippen molar-refractivity contribution in [1.82, 2.24) is 19.8 Å². The lowest BCUT2D eigenvalue weighted by atomic mass is 9.99. The highest BCUT2D eigenvalue weighted by molar-refractivity contribution is 5.95. The smallest absolute Gasteiger partial charge is 0.361 e. The summed E-state index contributed by atoms with van der Waals surface area (Å²) in [4.78, 5) is 24.4. The second-order valence-electron chi connectivity index (χ2n) is 10.1. The van der Waals surface area contributed by atoms with Crippen LogP contribution in [0.2, 0.25) is 0 Å². The van der Waals surface area contributed by atoms with Gasteiger partial charge in [-0.1, -0.05) is 30.2 Å². The summed E-state index contributed by atoms with van der Waals surface area (Å²) in [5.74, 6) is 5.18. The summed E-state index contributed by atoms with van der Waals surface area (Å²) in [7, 11) is 0. The normalized spacial score (nSPS) is 16.3. The zero-order valence-electron chi connectivity index (χ0n) is 22.3. The Morgan fingerprint density at radius 3 is 2.36 bits per heavy atom. The lowest BCUT2D eigenvalue weighted by molar-refractivity contribution is -0.143. The Morgan fingerprint density at radius 2 is 1.67 bits per heavy atom. The Balaban J connectivity index is 1.41. The molecule has 1 aliphatic rings. The fraction of sp³-hybridized carbons (Fsp3) is 0.290. The van der Waals surface area contributed by atoms with Crippen molar-refractivity contribution >= 4 is 16.8 Å². The predicted molar refractivity (Wildman–Crippen MR) is 145 cm³/mol. The van der Waals surface area contributed by atoms with E-state index in [-0.39, 0.29) is 12.6 Å². The van der Waals surface area contributed by atoms with Gasteiger partial charge in [0.25, 0.3) is 5.91 Å². The van der Waals surface area contributed by atoms with Gasteiger partial charge in [-0.05, 0) is 60.7 Å². The van der Waals surface area contributed by atoms with Gasteiger partial charge in [0.05, 0.1) is 17.7 Å². The molecule has 0 bridgehead atoms. The van der Waals surface area contributed by atoms with E-state index in [1.165, 1.54) is 4.90 Å². The summed E-state index contributed by atoms with van der Waals surface area (Å²) < 4.78 is 81.0. The largest absolute Gasteiger partial charge is 0.416 e. The van der Waals surface area contributed by atoms with Crippen molar-refractivity contribution in [1.29, 1.82) is 0 Å². The van der Waals surface area contributed by atoms with Crippen LogP contribution in [-0.2, 0) is 18.8 Å². The number of para-hydroxylation sites is 1. The molecule has 1 aliphatic heterocycles. The van der Waals surface area contributed by atoms with Crippen LogP contribution in [-0.4, -0.2) is 57.9 Å². The van der Waals surface area contributed by atoms with Gasteiger partial charge in [-0.3, -0.25) is 9.69 Å². The number of aromatic nitrogens is 2. The molecule has 1 N–H and O–H groups in total. The average molecular weight is 585 g/mol. The number of nitrogens with zero attached hydrogens (tertiary/aromatic N) is 3. The van der Waals surface area contributed by atoms with Gasteiger partial charge >= 0.3 is 12.4 Å². The van der Waals surface area contributed by atoms with Gasteiger partial charge in [0.2, 0.25) is 0 Å². The molecule has 2 aromatic heterocycles. The van der Waals surface area contributed by atoms with Crippen molar-refractivity contribution in [2.75, 3.05) is 26.2 Å². The molecule has 0 spiro atoms. The summed E-state index contributed by atoms with van der Waals surface area (Å²) in [5.41, 5.74) is -1.12. The summed E-state index contributed by atoms with van der Waals surface area (Å²) in [5, 5.41) is 1.01. The zero-order valence-corrected chi connectivity index (χ0v) is 22.3. The quantitative estimate of drug-likeness (QED) is 0.218. The third kappa shape index (κ3) is 6.77. The maximum atomic E-state index is 13.6. The lowest BCUT2D eigenvalue weighted by Gasteiger charge is -2.41. The second kappa shape index (κ2) is 11.9. The first-order chi connectivity index (χ1) is 20.0. The maximum Gasteiger partial charge on any atom is 0.416 e. The van der Waals surface area contributed by atoms with Gasteiger partial charge in [0.15, 0.2) is 0 Å². The van der Waals surface area contributed by atoms with Crippen LogP contribution in [0.15, 0.2) is 73.1 Å². The molecule has 3 heterocycles. The average Bonchev–Trinajstić information content (AvgIpc) is 3.38. The van der Waals surface area contributed by atoms with Crippen LogP contribution in [0.5, 0.6) is 0 Å². The van der Waals surface area contributed by atoms with Crippen LogP contribution >= 0.6 is 0 Å². The maximum absolute atomic E-state index is 13.6. The molecule has 0 unspecified atom stereocenters. The summed E-state index contributed by atoms with van der Waals surface area (Å²) in [6.07, 6.45) is -5.59. The number of hydrogen-bond donors (Lipinski definition) is 1. The van der Waals surface area contributed by atoms with Crippen molar-refractivity contribution in [3.05, 3.63) is 101 Å². The number of pyridine rings is 1. The van der Waals surface area contributed by atoms with E-state index in [4.69, 9.17) is 0 Å². The Labute approximate surface area is 238 Å². The highest BCUT2D eigenvalue weighted by Crippen LogP contribution is 2.37. The first kappa shape index (κ1) is 29.2. The molecule has 218 valence electrons. The standard InChI is InChI=1S/C31H26F6N4O/c32-30(33,34)23-16-22(17-24(18-23)31(35,36)37)29(42)41-15-14-40(13-5-7-25-6-3-4-12-38-25)20-26(41)11-10-21-19-39-28-9-2-1-8-27(21)28/h1-4,6,8-9,12,16-19,26,39H,10-11,13-15,20H2/t26-/m1/s1. The second-order valence-corrected chi connectivity index (χ2v) is 10.1. The monoisotopic (exact) mass is 584 g/mol. The Morgan fingerprint density at radius 1 is 0.952 bits per heavy atom. The molecule has 0 saturated carbocycles. The van der Waals surface area contributed by atoms with E-state index >= 15 is 0 Å². The van der Waals surface area contributed by atoms with E-state index in [1.54, 1.807) is 18.3 Å². The van der Waals surface area contributed by atoms with E-state index in [1.807, 2.05) is 41.4 Å². The summed E-state index contributed by atoms with van der Waals surface area (Å²) >= 11 is 0. The molecule has 0 radical (unpaired) electrons. The number of nitrogens with one attached hydrogen (secondary N) is 1. The summed E-state index contributed by atoms with van der Waals surface area (Å²) in [6, 6.07) is 13.6. The van der Waals surface area contributed by atoms with Crippen molar-refractivity contribution in [3.63, 3.8) is 0 Å². The van der Waals surface area contributed by atoms with E-state index < -0.39 is 41.0 Å². The molecule has 1 fully saturated rings. The van der Waals surface area contributed by atoms with Crippen molar-refractivity contribution in [2.45, 2.75) is 31.2 Å². The van der Waals surface area contributed by atoms with Crippen molar-refractivity contribution in [2.24, 2.45) is 0 Å². The molecular weight excluding hydrogens is 558 g/mol. The SMILES string of the molecule is O=C(c1cc(C(F)(F)F)cc(C(F)(F)F)c1)N1CCN(CC#Cc2ccccn2)C[C@H]1CCc1c[nH]c2ccccc12. The Hall–Kier alpha value is -4.30. The van der Waals surface area contributed by atoms with E-state index in [2.05, 4.69) is 21.8 Å². The third-order valence-electron chi connectivity index (χ3n) is 7.27. The molecule has 4 aromatic rings. The van der Waals surface area contributed by atoms with Crippen molar-refractivity contribution in [3.8, 4) is 11.8 Å². The van der Waals surface area contributed by atoms with Crippen LogP contribution in [0, 0.1) is 11.8 Å². The molecule has 1 amide bonds. The highest BCUT2D eigenvalue weighted by Gasteiger charge is 2.39. The number of carbonyl (C=O) groups is 1. The number of H-pyrrole nitrogens is 1. The summed E-state index contributed by atoms with van der Waals surface area (Å²) in [6.45, 7) is 1.21. The van der Waals surface area contributed by atoms with E-state index in [9.17, 15) is 31.1 Å². The lowest BCUT2D eigenvalue weighted by Crippen LogP contribution is -2.55. The minimum Gasteiger partial charge on any atom is -0.361 e. The number of halogens is 6. The minimum atomic E-state index is -5.05. The first-order valence-electron chi connectivity index (χ1n) is 13.3. The molecular formula is C31H26F6N4O. The number of fused-ring (bicyclic) bond motifs is 1. The van der Waals surface area contributed by atoms with E-state index in [0.717, 1.165) is 16.5 Å². The van der Waals surface area contributed by atoms with Crippen molar-refractivity contribution < 1.29 is 31.1 Å². The van der Waals surface area contributed by atoms with Gasteiger partial charge < -0.3 is 9.88 Å². The van der Waals surface area contributed by atoms with Gasteiger partial charge in [-0.15, -0.1) is 0 Å². The predicted octanol–water partition coefficient (Wildman–Crippen LogP) is 6.41.